The molecule has 2 nitrogen and oxygen atoms in total. The first-order valence-corrected chi connectivity index (χ1v) is 7.99. The van der Waals surface area contributed by atoms with Crippen LogP contribution in [0.25, 0.3) is 0 Å². The maximum absolute atomic E-state index is 11.6. The number of thiophene rings is 1. The lowest BCUT2D eigenvalue weighted by atomic mass is 10.2. The van der Waals surface area contributed by atoms with Gasteiger partial charge in [-0.05, 0) is 36.3 Å². The molecule has 0 spiro atoms. The lowest BCUT2D eigenvalue weighted by Gasteiger charge is -2.02. The van der Waals surface area contributed by atoms with Crippen molar-refractivity contribution in [2.24, 2.45) is 0 Å². The predicted octanol–water partition coefficient (Wildman–Crippen LogP) is 3.78. The van der Waals surface area contributed by atoms with Gasteiger partial charge in [-0.1, -0.05) is 35.4 Å². The van der Waals surface area contributed by atoms with E-state index in [1.165, 1.54) is 28.6 Å². The van der Waals surface area contributed by atoms with Gasteiger partial charge in [-0.3, -0.25) is 4.79 Å². The van der Waals surface area contributed by atoms with E-state index in [4.69, 9.17) is 0 Å². The molecule has 1 N–H and O–H groups in total. The smallest absolute Gasteiger partial charge is 0.261 e. The molecule has 0 aliphatic rings. The number of alkyl halides is 1. The minimum Gasteiger partial charge on any atom is -0.351 e. The fraction of sp³-hybridized carbons (Fsp3) is 0.583. The summed E-state index contributed by atoms with van der Waals surface area (Å²) in [6.07, 6.45) is 4.87. The van der Waals surface area contributed by atoms with Crippen LogP contribution in [-0.2, 0) is 0 Å². The zero-order valence-electron chi connectivity index (χ0n) is 9.59. The standard InChI is InChI=1S/C12H18INOS/c1-10-6-7-11(16-10)12(15)14-9-5-3-2-4-8-13/h6-7H,2-5,8-9H2,1H3,(H,14,15). The van der Waals surface area contributed by atoms with Crippen LogP contribution in [0, 0.1) is 6.92 Å². The molecule has 0 aliphatic carbocycles. The summed E-state index contributed by atoms with van der Waals surface area (Å²) >= 11 is 3.96. The Hall–Kier alpha value is -0.100. The van der Waals surface area contributed by atoms with Crippen molar-refractivity contribution in [3.63, 3.8) is 0 Å². The molecule has 1 amide bonds. The third kappa shape index (κ3) is 5.30. The zero-order chi connectivity index (χ0) is 11.8. The topological polar surface area (TPSA) is 29.1 Å². The lowest BCUT2D eigenvalue weighted by Crippen LogP contribution is -2.23. The van der Waals surface area contributed by atoms with Gasteiger partial charge >= 0.3 is 0 Å². The molecule has 90 valence electrons. The molecule has 1 heterocycles. The van der Waals surface area contributed by atoms with Gasteiger partial charge in [-0.2, -0.15) is 0 Å². The molecule has 1 aromatic heterocycles. The second-order valence-electron chi connectivity index (χ2n) is 3.77. The van der Waals surface area contributed by atoms with Gasteiger partial charge in [0, 0.05) is 11.4 Å². The maximum atomic E-state index is 11.6. The number of hydrogen-bond donors (Lipinski definition) is 1. The van der Waals surface area contributed by atoms with Gasteiger partial charge in [0.1, 0.15) is 0 Å². The lowest BCUT2D eigenvalue weighted by molar-refractivity contribution is 0.0957. The number of carbonyl (C=O) groups is 1. The van der Waals surface area contributed by atoms with E-state index in [0.29, 0.717) is 0 Å². The van der Waals surface area contributed by atoms with Crippen molar-refractivity contribution < 1.29 is 4.79 Å². The molecule has 4 heteroatoms. The van der Waals surface area contributed by atoms with Crippen LogP contribution < -0.4 is 5.32 Å². The fourth-order valence-corrected chi connectivity index (χ4v) is 2.74. The molecule has 1 rings (SSSR count). The van der Waals surface area contributed by atoms with Crippen LogP contribution in [0.1, 0.15) is 40.2 Å². The molecule has 0 atom stereocenters. The second-order valence-corrected chi connectivity index (χ2v) is 6.14. The van der Waals surface area contributed by atoms with E-state index >= 15 is 0 Å². The summed E-state index contributed by atoms with van der Waals surface area (Å²) in [6.45, 7) is 2.82. The first-order valence-electron chi connectivity index (χ1n) is 5.64. The first kappa shape index (κ1) is 14.0. The van der Waals surface area contributed by atoms with Gasteiger partial charge in [0.15, 0.2) is 0 Å². The number of hydrogen-bond acceptors (Lipinski definition) is 2. The highest BCUT2D eigenvalue weighted by molar-refractivity contribution is 14.1. The molecule has 0 aliphatic heterocycles. The van der Waals surface area contributed by atoms with Gasteiger partial charge in [0.25, 0.3) is 5.91 Å². The molecule has 0 unspecified atom stereocenters. The van der Waals surface area contributed by atoms with E-state index in [1.54, 1.807) is 11.3 Å². The Balaban J connectivity index is 2.11. The van der Waals surface area contributed by atoms with E-state index in [0.717, 1.165) is 17.8 Å². The molecule has 0 fully saturated rings. The van der Waals surface area contributed by atoms with Crippen molar-refractivity contribution in [3.05, 3.63) is 21.9 Å². The molecular formula is C12H18INOS. The van der Waals surface area contributed by atoms with Gasteiger partial charge in [0.2, 0.25) is 0 Å². The van der Waals surface area contributed by atoms with E-state index < -0.39 is 0 Å². The summed E-state index contributed by atoms with van der Waals surface area (Å²) in [5.41, 5.74) is 0. The van der Waals surface area contributed by atoms with E-state index in [9.17, 15) is 4.79 Å². The van der Waals surface area contributed by atoms with E-state index in [2.05, 4.69) is 27.9 Å². The second kappa shape index (κ2) is 8.06. The number of unbranched alkanes of at least 4 members (excludes halogenated alkanes) is 3. The summed E-state index contributed by atoms with van der Waals surface area (Å²) in [5.74, 6) is 0.0759. The number of rotatable bonds is 7. The van der Waals surface area contributed by atoms with Crippen LogP contribution in [0.2, 0.25) is 0 Å². The van der Waals surface area contributed by atoms with Gasteiger partial charge in [-0.15, -0.1) is 11.3 Å². The molecule has 1 aromatic rings. The van der Waals surface area contributed by atoms with Crippen LogP contribution in [0.3, 0.4) is 0 Å². The Morgan fingerprint density at radius 3 is 2.69 bits per heavy atom. The van der Waals surface area contributed by atoms with Crippen LogP contribution in [0.15, 0.2) is 12.1 Å². The number of amides is 1. The van der Waals surface area contributed by atoms with Crippen molar-refractivity contribution in [2.75, 3.05) is 11.0 Å². The van der Waals surface area contributed by atoms with Crippen molar-refractivity contribution in [1.82, 2.24) is 5.32 Å². The van der Waals surface area contributed by atoms with E-state index in [-0.39, 0.29) is 5.91 Å². The average Bonchev–Trinajstić information content (AvgIpc) is 2.70. The average molecular weight is 351 g/mol. The molecule has 0 saturated heterocycles. The summed E-state index contributed by atoms with van der Waals surface area (Å²) in [6, 6.07) is 3.88. The largest absolute Gasteiger partial charge is 0.351 e. The summed E-state index contributed by atoms with van der Waals surface area (Å²) in [4.78, 5) is 13.7. The van der Waals surface area contributed by atoms with Crippen molar-refractivity contribution in [2.45, 2.75) is 32.6 Å². The normalized spacial score (nSPS) is 10.4. The van der Waals surface area contributed by atoms with Crippen LogP contribution in [-0.4, -0.2) is 16.9 Å². The van der Waals surface area contributed by atoms with Gasteiger partial charge in [-0.25, -0.2) is 0 Å². The predicted molar refractivity (Wildman–Crippen MR) is 78.7 cm³/mol. The molecular weight excluding hydrogens is 333 g/mol. The maximum Gasteiger partial charge on any atom is 0.261 e. The highest BCUT2D eigenvalue weighted by atomic mass is 127. The SMILES string of the molecule is Cc1ccc(C(=O)NCCCCCCI)s1. The number of nitrogens with one attached hydrogen (secondary N) is 1. The third-order valence-electron chi connectivity index (χ3n) is 2.31. The quantitative estimate of drug-likeness (QED) is 0.452. The minimum absolute atomic E-state index is 0.0759. The Morgan fingerprint density at radius 1 is 1.31 bits per heavy atom. The number of halogens is 1. The fourth-order valence-electron chi connectivity index (χ4n) is 1.42. The number of aryl methyl sites for hydroxylation is 1. The molecule has 0 saturated carbocycles. The zero-order valence-corrected chi connectivity index (χ0v) is 12.6. The summed E-state index contributed by atoms with van der Waals surface area (Å²) in [5, 5.41) is 2.96. The van der Waals surface area contributed by atoms with E-state index in [1.807, 2.05) is 19.1 Å². The van der Waals surface area contributed by atoms with Crippen LogP contribution in [0.5, 0.6) is 0 Å². The number of carbonyl (C=O) groups excluding carboxylic acids is 1. The van der Waals surface area contributed by atoms with Crippen molar-refractivity contribution >= 4 is 39.8 Å². The Bertz CT molecular complexity index is 325. The minimum atomic E-state index is 0.0759. The van der Waals surface area contributed by atoms with Crippen LogP contribution in [0.4, 0.5) is 0 Å². The Labute approximate surface area is 115 Å². The molecule has 0 radical (unpaired) electrons. The van der Waals surface area contributed by atoms with Crippen molar-refractivity contribution in [1.29, 1.82) is 0 Å². The highest BCUT2D eigenvalue weighted by Crippen LogP contribution is 2.14. The molecule has 0 bridgehead atoms. The summed E-state index contributed by atoms with van der Waals surface area (Å²) < 4.78 is 1.23. The first-order chi connectivity index (χ1) is 7.74. The van der Waals surface area contributed by atoms with Crippen molar-refractivity contribution in [3.8, 4) is 0 Å². The Morgan fingerprint density at radius 2 is 2.06 bits per heavy atom. The Kier molecular flexibility index (Phi) is 7.03. The third-order valence-corrected chi connectivity index (χ3v) is 4.07. The van der Waals surface area contributed by atoms with Gasteiger partial charge in [0.05, 0.1) is 4.88 Å². The molecule has 0 aromatic carbocycles. The highest BCUT2D eigenvalue weighted by Gasteiger charge is 2.06. The molecule has 16 heavy (non-hydrogen) atoms. The van der Waals surface area contributed by atoms with Crippen LogP contribution >= 0.6 is 33.9 Å². The monoisotopic (exact) mass is 351 g/mol. The summed E-state index contributed by atoms with van der Waals surface area (Å²) in [7, 11) is 0. The van der Waals surface area contributed by atoms with Gasteiger partial charge < -0.3 is 5.32 Å².